The van der Waals surface area contributed by atoms with E-state index in [0.29, 0.717) is 24.2 Å². The molecule has 1 aromatic heterocycles. The lowest BCUT2D eigenvalue weighted by Crippen LogP contribution is -2.58. The van der Waals surface area contributed by atoms with Gasteiger partial charge in [-0.25, -0.2) is 4.39 Å². The minimum absolute atomic E-state index is 0.113. The van der Waals surface area contributed by atoms with Gasteiger partial charge in [-0.1, -0.05) is 48.0 Å². The Hall–Kier alpha value is -2.44. The molecule has 2 heterocycles. The number of halogens is 2. The van der Waals surface area contributed by atoms with Crippen molar-refractivity contribution in [3.63, 3.8) is 0 Å². The molecule has 0 aliphatic carbocycles. The smallest absolute Gasteiger partial charge is 0.266 e. The quantitative estimate of drug-likeness (QED) is 0.722. The number of amides is 2. The standard InChI is InChI=1S/C20H16ClFN2O2S/c21-17-16-13(22)7-4-8-15(16)27-18(17)20(26)24-10-9-23-19(25)14(24)11-12-5-2-1-3-6-12/h1-8,14H,9-11H2,(H,23,25)/t14-/m0/s1. The molecule has 2 aromatic carbocycles. The summed E-state index contributed by atoms with van der Waals surface area (Å²) in [5.74, 6) is -0.983. The van der Waals surface area contributed by atoms with Crippen molar-refractivity contribution in [2.75, 3.05) is 13.1 Å². The number of carbonyl (C=O) groups is 2. The van der Waals surface area contributed by atoms with Crippen LogP contribution >= 0.6 is 22.9 Å². The summed E-state index contributed by atoms with van der Waals surface area (Å²) in [5.41, 5.74) is 0.964. The van der Waals surface area contributed by atoms with Gasteiger partial charge in [-0.15, -0.1) is 11.3 Å². The van der Waals surface area contributed by atoms with Gasteiger partial charge < -0.3 is 10.2 Å². The molecular weight excluding hydrogens is 387 g/mol. The first-order chi connectivity index (χ1) is 13.1. The first-order valence-electron chi connectivity index (χ1n) is 8.55. The van der Waals surface area contributed by atoms with Crippen molar-refractivity contribution < 1.29 is 14.0 Å². The van der Waals surface area contributed by atoms with Crippen LogP contribution in [0.1, 0.15) is 15.2 Å². The van der Waals surface area contributed by atoms with Crippen LogP contribution in [0.2, 0.25) is 5.02 Å². The van der Waals surface area contributed by atoms with E-state index in [0.717, 1.165) is 16.9 Å². The molecule has 27 heavy (non-hydrogen) atoms. The second kappa shape index (κ2) is 7.29. The molecule has 0 saturated carbocycles. The predicted molar refractivity (Wildman–Crippen MR) is 105 cm³/mol. The van der Waals surface area contributed by atoms with E-state index in [1.165, 1.54) is 6.07 Å². The highest BCUT2D eigenvalue weighted by atomic mass is 35.5. The van der Waals surface area contributed by atoms with Crippen LogP contribution in [0.15, 0.2) is 48.5 Å². The van der Waals surface area contributed by atoms with Gasteiger partial charge in [0.1, 0.15) is 16.7 Å². The van der Waals surface area contributed by atoms with Crippen molar-refractivity contribution in [3.8, 4) is 0 Å². The normalized spacial score (nSPS) is 17.2. The van der Waals surface area contributed by atoms with Gasteiger partial charge in [0.05, 0.1) is 5.02 Å². The van der Waals surface area contributed by atoms with Crippen LogP contribution in [0.4, 0.5) is 4.39 Å². The molecule has 2 amide bonds. The first-order valence-corrected chi connectivity index (χ1v) is 9.75. The van der Waals surface area contributed by atoms with Crippen molar-refractivity contribution in [2.45, 2.75) is 12.5 Å². The van der Waals surface area contributed by atoms with E-state index < -0.39 is 11.9 Å². The molecule has 1 N–H and O–H groups in total. The van der Waals surface area contributed by atoms with Crippen molar-refractivity contribution in [2.24, 2.45) is 0 Å². The summed E-state index contributed by atoms with van der Waals surface area (Å²) in [4.78, 5) is 27.5. The predicted octanol–water partition coefficient (Wildman–Crippen LogP) is 3.88. The zero-order valence-electron chi connectivity index (χ0n) is 14.2. The molecule has 0 bridgehead atoms. The van der Waals surface area contributed by atoms with Gasteiger partial charge in [-0.05, 0) is 17.7 Å². The van der Waals surface area contributed by atoms with E-state index in [-0.39, 0.29) is 27.1 Å². The van der Waals surface area contributed by atoms with E-state index in [1.807, 2.05) is 30.3 Å². The Morgan fingerprint density at radius 2 is 2.00 bits per heavy atom. The van der Waals surface area contributed by atoms with Gasteiger partial charge in [0.25, 0.3) is 5.91 Å². The summed E-state index contributed by atoms with van der Waals surface area (Å²) in [6.45, 7) is 0.766. The number of carbonyl (C=O) groups excluding carboxylic acids is 2. The summed E-state index contributed by atoms with van der Waals surface area (Å²) in [6.07, 6.45) is 0.412. The molecule has 0 spiro atoms. The van der Waals surface area contributed by atoms with E-state index in [4.69, 9.17) is 11.6 Å². The Morgan fingerprint density at radius 3 is 2.74 bits per heavy atom. The minimum atomic E-state index is -0.625. The maximum absolute atomic E-state index is 14.1. The Bertz CT molecular complexity index is 1020. The molecule has 1 fully saturated rings. The molecule has 138 valence electrons. The first kappa shape index (κ1) is 17.9. The summed E-state index contributed by atoms with van der Waals surface area (Å²) in [7, 11) is 0. The number of thiophene rings is 1. The number of benzene rings is 2. The SMILES string of the molecule is O=C1NCCN(C(=O)c2sc3cccc(F)c3c2Cl)[C@H]1Cc1ccccc1. The van der Waals surface area contributed by atoms with Crippen LogP contribution in [-0.4, -0.2) is 35.8 Å². The largest absolute Gasteiger partial charge is 0.353 e. The molecular formula is C20H16ClFN2O2S. The van der Waals surface area contributed by atoms with E-state index in [9.17, 15) is 14.0 Å². The third kappa shape index (κ3) is 3.31. The highest BCUT2D eigenvalue weighted by Gasteiger charge is 2.35. The van der Waals surface area contributed by atoms with Crippen LogP contribution in [0, 0.1) is 5.82 Å². The van der Waals surface area contributed by atoms with Gasteiger partial charge in [-0.2, -0.15) is 0 Å². The summed E-state index contributed by atoms with van der Waals surface area (Å²) in [6, 6.07) is 13.6. The van der Waals surface area contributed by atoms with Crippen LogP contribution in [0.25, 0.3) is 10.1 Å². The van der Waals surface area contributed by atoms with E-state index >= 15 is 0 Å². The Balaban J connectivity index is 1.69. The molecule has 7 heteroatoms. The number of fused-ring (bicyclic) bond motifs is 1. The van der Waals surface area contributed by atoms with Gasteiger partial charge in [0.2, 0.25) is 5.91 Å². The lowest BCUT2D eigenvalue weighted by atomic mass is 10.0. The number of hydrogen-bond acceptors (Lipinski definition) is 3. The average Bonchev–Trinajstić information content (AvgIpc) is 3.01. The van der Waals surface area contributed by atoms with Crippen LogP contribution < -0.4 is 5.32 Å². The van der Waals surface area contributed by atoms with E-state index in [1.54, 1.807) is 17.0 Å². The Labute approximate surface area is 164 Å². The molecule has 0 unspecified atom stereocenters. The molecule has 4 nitrogen and oxygen atoms in total. The molecule has 3 aromatic rings. The third-order valence-electron chi connectivity index (χ3n) is 4.66. The Kier molecular flexibility index (Phi) is 4.85. The van der Waals surface area contributed by atoms with Gasteiger partial charge in [0, 0.05) is 29.6 Å². The fourth-order valence-corrected chi connectivity index (χ4v) is 4.85. The maximum atomic E-state index is 14.1. The van der Waals surface area contributed by atoms with Crippen LogP contribution in [0.3, 0.4) is 0 Å². The second-order valence-corrected chi connectivity index (χ2v) is 7.78. The van der Waals surface area contributed by atoms with Gasteiger partial charge >= 0.3 is 0 Å². The van der Waals surface area contributed by atoms with Crippen LogP contribution in [-0.2, 0) is 11.2 Å². The highest BCUT2D eigenvalue weighted by Crippen LogP contribution is 2.38. The summed E-state index contributed by atoms with van der Waals surface area (Å²) >= 11 is 7.50. The van der Waals surface area contributed by atoms with E-state index in [2.05, 4.69) is 5.32 Å². The average molecular weight is 403 g/mol. The van der Waals surface area contributed by atoms with Crippen molar-refractivity contribution in [1.82, 2.24) is 10.2 Å². The number of hydrogen-bond donors (Lipinski definition) is 1. The fourth-order valence-electron chi connectivity index (χ4n) is 3.34. The molecule has 1 atom stereocenters. The topological polar surface area (TPSA) is 49.4 Å². The van der Waals surface area contributed by atoms with Crippen molar-refractivity contribution >= 4 is 44.8 Å². The number of nitrogens with one attached hydrogen (secondary N) is 1. The zero-order valence-corrected chi connectivity index (χ0v) is 15.8. The summed E-state index contributed by atoms with van der Waals surface area (Å²) < 4.78 is 14.7. The minimum Gasteiger partial charge on any atom is -0.353 e. The van der Waals surface area contributed by atoms with Crippen molar-refractivity contribution in [1.29, 1.82) is 0 Å². The number of piperazine rings is 1. The maximum Gasteiger partial charge on any atom is 0.266 e. The van der Waals surface area contributed by atoms with Crippen LogP contribution in [0.5, 0.6) is 0 Å². The summed E-state index contributed by atoms with van der Waals surface area (Å²) in [5, 5.41) is 3.19. The highest BCUT2D eigenvalue weighted by molar-refractivity contribution is 7.21. The molecule has 1 aliphatic heterocycles. The van der Waals surface area contributed by atoms with Gasteiger partial charge in [0.15, 0.2) is 0 Å². The molecule has 1 aliphatic rings. The third-order valence-corrected chi connectivity index (χ3v) is 6.30. The number of nitrogens with zero attached hydrogens (tertiary/aromatic N) is 1. The monoisotopic (exact) mass is 402 g/mol. The number of rotatable bonds is 3. The van der Waals surface area contributed by atoms with Gasteiger partial charge in [-0.3, -0.25) is 9.59 Å². The molecule has 1 saturated heterocycles. The Morgan fingerprint density at radius 1 is 1.22 bits per heavy atom. The lowest BCUT2D eigenvalue weighted by Gasteiger charge is -2.35. The second-order valence-electron chi connectivity index (χ2n) is 6.35. The lowest BCUT2D eigenvalue weighted by molar-refractivity contribution is -0.127. The fraction of sp³-hybridized carbons (Fsp3) is 0.200. The molecule has 4 rings (SSSR count). The van der Waals surface area contributed by atoms with Crippen molar-refractivity contribution in [3.05, 3.63) is 69.8 Å². The zero-order chi connectivity index (χ0) is 19.0. The molecule has 0 radical (unpaired) electrons.